The van der Waals surface area contributed by atoms with Crippen molar-refractivity contribution in [3.8, 4) is 0 Å². The van der Waals surface area contributed by atoms with Crippen LogP contribution in [0.3, 0.4) is 0 Å². The first-order valence-corrected chi connectivity index (χ1v) is 2.82. The summed E-state index contributed by atoms with van der Waals surface area (Å²) in [4.78, 5) is 0. The molecule has 1 heteroatoms. The summed E-state index contributed by atoms with van der Waals surface area (Å²) in [5.74, 6) is 0. The van der Waals surface area contributed by atoms with E-state index < -0.39 is 0 Å². The zero-order chi connectivity index (χ0) is 4.12. The monoisotopic (exact) mass is 79.0 g/mol. The number of rotatable bonds is 2. The summed E-state index contributed by atoms with van der Waals surface area (Å²) >= 11 is 1.98. The second kappa shape index (κ2) is 4.51. The molecule has 0 bridgehead atoms. The Balaban J connectivity index is 2.40. The van der Waals surface area contributed by atoms with Crippen molar-refractivity contribution >= 4 is 21.7 Å². The van der Waals surface area contributed by atoms with Gasteiger partial charge in [-0.25, -0.2) is 0 Å². The van der Waals surface area contributed by atoms with Crippen LogP contribution in [0.15, 0.2) is 12.7 Å². The topological polar surface area (TPSA) is 0 Å². The lowest BCUT2D eigenvalue weighted by Gasteiger charge is -1.74. The zero-order valence-corrected chi connectivity index (χ0v) is 4.82. The first-order valence-electron chi connectivity index (χ1n) is 1.82. The Labute approximate surface area is 45.7 Å². The van der Waals surface area contributed by atoms with Crippen molar-refractivity contribution in [1.29, 1.82) is 0 Å². The van der Waals surface area contributed by atoms with E-state index in [-0.39, 0.29) is 0 Å². The fourth-order valence-electron chi connectivity index (χ4n) is 0.144. The van der Waals surface area contributed by atoms with E-state index in [1.165, 1.54) is 11.0 Å². The van der Waals surface area contributed by atoms with Gasteiger partial charge in [0.25, 0.3) is 0 Å². The van der Waals surface area contributed by atoms with Gasteiger partial charge in [-0.2, -0.15) is 4.55 Å². The summed E-state index contributed by atoms with van der Waals surface area (Å²) in [6, 6.07) is 0. The van der Waals surface area contributed by atoms with Gasteiger partial charge in [0.05, 0.1) is 0 Å². The van der Waals surface area contributed by atoms with Gasteiger partial charge in [0.15, 0.2) is 0 Å². The quantitative estimate of drug-likeness (QED) is 0.344. The number of hydrogen-bond acceptors (Lipinski definition) is 0. The molecule has 0 aromatic heterocycles. The first-order chi connectivity index (χ1) is 2.41. The standard InChI is InChI=1S/C4H7.Mg/c1-3-4-2;/h3H,1-2,4H2;. The molecule has 1 radical (unpaired) electrons. The van der Waals surface area contributed by atoms with Gasteiger partial charge in [0, 0.05) is 0 Å². The number of hydrogen-bond donors (Lipinski definition) is 0. The van der Waals surface area contributed by atoms with Gasteiger partial charge in [0.1, 0.15) is 0 Å². The minimum absolute atomic E-state index is 1.17. The molecule has 0 amide bonds. The van der Waals surface area contributed by atoms with Gasteiger partial charge >= 0.3 is 0 Å². The van der Waals surface area contributed by atoms with E-state index in [1.54, 1.807) is 0 Å². The van der Waals surface area contributed by atoms with Crippen LogP contribution in [0.2, 0.25) is 4.55 Å². The summed E-state index contributed by atoms with van der Waals surface area (Å²) < 4.78 is 1.25. The van der Waals surface area contributed by atoms with Crippen LogP contribution < -0.4 is 0 Å². The molecule has 0 saturated heterocycles. The van der Waals surface area contributed by atoms with Gasteiger partial charge in [-0.05, 0) is 0 Å². The molecule has 0 aliphatic heterocycles. The van der Waals surface area contributed by atoms with E-state index in [2.05, 4.69) is 6.58 Å². The van der Waals surface area contributed by atoms with Gasteiger partial charge in [-0.3, -0.25) is 0 Å². The van der Waals surface area contributed by atoms with E-state index in [4.69, 9.17) is 0 Å². The Morgan fingerprint density at radius 2 is 2.40 bits per heavy atom. The van der Waals surface area contributed by atoms with Crippen LogP contribution in [-0.2, 0) is 0 Å². The van der Waals surface area contributed by atoms with Gasteiger partial charge in [0.2, 0.25) is 21.7 Å². The lowest BCUT2D eigenvalue weighted by atomic mass is 10.5. The molecule has 25 valence electrons. The normalized spacial score (nSPS) is 7.00. The van der Waals surface area contributed by atoms with E-state index in [0.29, 0.717) is 0 Å². The summed E-state index contributed by atoms with van der Waals surface area (Å²) in [6.45, 7) is 3.55. The highest BCUT2D eigenvalue weighted by Gasteiger charge is 1.60. The molecule has 0 heterocycles. The number of allylic oxidation sites excluding steroid dienone is 1. The maximum absolute atomic E-state index is 3.55. The van der Waals surface area contributed by atoms with Crippen LogP contribution in [-0.4, -0.2) is 21.7 Å². The molecule has 0 aliphatic carbocycles. The predicted molar refractivity (Wildman–Crippen MR) is 25.4 cm³/mol. The van der Waals surface area contributed by atoms with Crippen LogP contribution in [0.5, 0.6) is 0 Å². The van der Waals surface area contributed by atoms with Crippen molar-refractivity contribution in [2.45, 2.75) is 11.0 Å². The zero-order valence-electron chi connectivity index (χ0n) is 3.41. The molecule has 0 atom stereocenters. The second-order valence-electron chi connectivity index (χ2n) is 0.931. The lowest BCUT2D eigenvalue weighted by molar-refractivity contribution is 1.22. The third kappa shape index (κ3) is 4.51. The van der Waals surface area contributed by atoms with E-state index in [9.17, 15) is 0 Å². The Morgan fingerprint density at radius 1 is 1.80 bits per heavy atom. The first kappa shape index (κ1) is 5.51. The summed E-state index contributed by atoms with van der Waals surface area (Å²) in [7, 11) is 0. The average molecular weight is 79.4 g/mol. The highest BCUT2D eigenvalue weighted by molar-refractivity contribution is 6.08. The predicted octanol–water partition coefficient (Wildman–Crippen LogP) is 1.15. The SMILES string of the molecule is C=CC[CH2][Mg]. The summed E-state index contributed by atoms with van der Waals surface area (Å²) in [6.07, 6.45) is 3.10. The van der Waals surface area contributed by atoms with Crippen molar-refractivity contribution in [1.82, 2.24) is 0 Å². The smallest absolute Gasteiger partial charge is 0.174 e. The molecule has 0 N–H and O–H groups in total. The Hall–Kier alpha value is 0.506. The average Bonchev–Trinajstić information content (AvgIpc) is 1.41. The molecule has 0 fully saturated rings. The molecule has 0 aliphatic rings. The third-order valence-corrected chi connectivity index (χ3v) is 0.816. The minimum atomic E-state index is 1.17. The molecule has 0 nitrogen and oxygen atoms in total. The largest absolute Gasteiger partial charge is 0.222 e. The summed E-state index contributed by atoms with van der Waals surface area (Å²) in [5.41, 5.74) is 0. The van der Waals surface area contributed by atoms with Crippen LogP contribution >= 0.6 is 0 Å². The van der Waals surface area contributed by atoms with Gasteiger partial charge < -0.3 is 0 Å². The van der Waals surface area contributed by atoms with E-state index in [1.807, 2.05) is 27.8 Å². The summed E-state index contributed by atoms with van der Waals surface area (Å²) in [5, 5.41) is 0. The molecule has 0 rings (SSSR count). The Kier molecular flexibility index (Phi) is 4.96. The van der Waals surface area contributed by atoms with Crippen molar-refractivity contribution < 1.29 is 0 Å². The van der Waals surface area contributed by atoms with Crippen LogP contribution in [0.1, 0.15) is 6.42 Å². The van der Waals surface area contributed by atoms with Crippen molar-refractivity contribution in [3.63, 3.8) is 0 Å². The van der Waals surface area contributed by atoms with Crippen LogP contribution in [0.25, 0.3) is 0 Å². The van der Waals surface area contributed by atoms with Crippen molar-refractivity contribution in [2.24, 2.45) is 0 Å². The third-order valence-electron chi connectivity index (χ3n) is 0.408. The second-order valence-corrected chi connectivity index (χ2v) is 1.64. The Bertz CT molecular complexity index is 24.8. The molecule has 0 saturated carbocycles. The molecule has 5 heavy (non-hydrogen) atoms. The lowest BCUT2D eigenvalue weighted by Crippen LogP contribution is -1.58. The van der Waals surface area contributed by atoms with E-state index >= 15 is 0 Å². The van der Waals surface area contributed by atoms with Gasteiger partial charge in [-0.1, -0.05) is 12.5 Å². The minimum Gasteiger partial charge on any atom is -0.174 e. The van der Waals surface area contributed by atoms with Crippen molar-refractivity contribution in [3.05, 3.63) is 12.7 Å². The Morgan fingerprint density at radius 3 is 2.40 bits per heavy atom. The molecule has 0 aromatic rings. The van der Waals surface area contributed by atoms with Crippen molar-refractivity contribution in [2.75, 3.05) is 0 Å². The maximum atomic E-state index is 3.55. The van der Waals surface area contributed by atoms with Crippen LogP contribution in [0, 0.1) is 0 Å². The highest BCUT2D eigenvalue weighted by atomic mass is 24.4. The molecular weight excluding hydrogens is 72.3 g/mol. The fourth-order valence-corrected chi connectivity index (χ4v) is 0.433. The molecule has 0 unspecified atom stereocenters. The van der Waals surface area contributed by atoms with E-state index in [0.717, 1.165) is 0 Å². The molecule has 0 spiro atoms. The molecular formula is C4H7Mg. The van der Waals surface area contributed by atoms with Crippen LogP contribution in [0.4, 0.5) is 0 Å². The highest BCUT2D eigenvalue weighted by Crippen LogP contribution is 1.79. The maximum Gasteiger partial charge on any atom is 0.222 e. The fraction of sp³-hybridized carbons (Fsp3) is 0.500. The molecule has 0 aromatic carbocycles. The van der Waals surface area contributed by atoms with Gasteiger partial charge in [-0.15, -0.1) is 6.58 Å².